The molecule has 1 aliphatic rings. The van der Waals surface area contributed by atoms with Crippen LogP contribution in [0.1, 0.15) is 22.3 Å². The summed E-state index contributed by atoms with van der Waals surface area (Å²) in [6.07, 6.45) is 7.23. The maximum absolute atomic E-state index is 14.5. The lowest BCUT2D eigenvalue weighted by Crippen LogP contribution is -2.19. The van der Waals surface area contributed by atoms with E-state index >= 15 is 0 Å². The Labute approximate surface area is 200 Å². The molecule has 34 heavy (non-hydrogen) atoms. The smallest absolute Gasteiger partial charge is 0.253 e. The summed E-state index contributed by atoms with van der Waals surface area (Å²) in [6, 6.07) is 10.3. The summed E-state index contributed by atoms with van der Waals surface area (Å²) in [5.41, 5.74) is 3.18. The Morgan fingerprint density at radius 1 is 1.18 bits per heavy atom. The van der Waals surface area contributed by atoms with Crippen molar-refractivity contribution in [3.05, 3.63) is 77.0 Å². The van der Waals surface area contributed by atoms with Crippen molar-refractivity contribution in [1.82, 2.24) is 24.8 Å². The van der Waals surface area contributed by atoms with E-state index in [2.05, 4.69) is 41.5 Å². The van der Waals surface area contributed by atoms with E-state index in [1.165, 1.54) is 37.0 Å². The zero-order valence-electron chi connectivity index (χ0n) is 18.3. The van der Waals surface area contributed by atoms with Gasteiger partial charge in [-0.2, -0.15) is 4.98 Å². The summed E-state index contributed by atoms with van der Waals surface area (Å²) >= 11 is 6.27. The molecule has 2 aromatic heterocycles. The second-order valence-corrected chi connectivity index (χ2v) is 8.21. The predicted molar refractivity (Wildman–Crippen MR) is 129 cm³/mol. The number of carbonyl (C=O) groups excluding carboxylic acids is 1. The lowest BCUT2D eigenvalue weighted by Gasteiger charge is -2.14. The van der Waals surface area contributed by atoms with Crippen LogP contribution in [-0.4, -0.2) is 32.5 Å². The van der Waals surface area contributed by atoms with Crippen molar-refractivity contribution in [3.63, 3.8) is 0 Å². The quantitative estimate of drug-likeness (QED) is 0.377. The zero-order valence-corrected chi connectivity index (χ0v) is 19.0. The minimum atomic E-state index is -0.605. The molecule has 172 valence electrons. The van der Waals surface area contributed by atoms with Crippen LogP contribution in [0, 0.1) is 5.82 Å². The number of hydrogen-bond acceptors (Lipinski definition) is 6. The number of nitrogens with one attached hydrogen (secondary N) is 3. The Hall–Kier alpha value is -3.98. The maximum Gasteiger partial charge on any atom is 0.253 e. The van der Waals surface area contributed by atoms with Crippen LogP contribution in [0.5, 0.6) is 0 Å². The molecule has 10 heteroatoms. The molecule has 0 atom stereocenters. The van der Waals surface area contributed by atoms with E-state index in [9.17, 15) is 9.18 Å². The van der Waals surface area contributed by atoms with Crippen LogP contribution in [0.25, 0.3) is 11.4 Å². The van der Waals surface area contributed by atoms with Gasteiger partial charge < -0.3 is 20.5 Å². The molecule has 4 aromatic rings. The van der Waals surface area contributed by atoms with Gasteiger partial charge in [0.1, 0.15) is 16.7 Å². The Morgan fingerprint density at radius 2 is 2.06 bits per heavy atom. The number of halogens is 2. The lowest BCUT2D eigenvalue weighted by molar-refractivity contribution is 0.0963. The lowest BCUT2D eigenvalue weighted by atomic mass is 10.0. The molecule has 1 aliphatic heterocycles. The van der Waals surface area contributed by atoms with E-state index in [4.69, 9.17) is 11.6 Å². The van der Waals surface area contributed by atoms with Crippen molar-refractivity contribution in [2.24, 2.45) is 0 Å². The van der Waals surface area contributed by atoms with Crippen LogP contribution in [0.2, 0.25) is 5.02 Å². The van der Waals surface area contributed by atoms with Crippen molar-refractivity contribution in [3.8, 4) is 11.4 Å². The molecule has 0 bridgehead atoms. The number of carbonyl (C=O) groups is 1. The van der Waals surface area contributed by atoms with Crippen LogP contribution in [0.4, 0.5) is 27.5 Å². The number of fused-ring (bicyclic) bond motifs is 3. The van der Waals surface area contributed by atoms with Crippen molar-refractivity contribution in [2.75, 3.05) is 17.7 Å². The van der Waals surface area contributed by atoms with Crippen molar-refractivity contribution in [2.45, 2.75) is 19.4 Å². The van der Waals surface area contributed by atoms with Gasteiger partial charge in [-0.3, -0.25) is 4.79 Å². The monoisotopic (exact) mass is 477 g/mol. The Bertz CT molecular complexity index is 1390. The summed E-state index contributed by atoms with van der Waals surface area (Å²) in [4.78, 5) is 25.4. The molecule has 0 fully saturated rings. The third-order valence-electron chi connectivity index (χ3n) is 5.64. The molecule has 0 spiro atoms. The SMILES string of the molecule is CNC(=O)c1cccc(F)c1Nc1nc(Nc2ccc3c(c2)-c2nccn2CCC3)ncc1Cl. The van der Waals surface area contributed by atoms with Crippen LogP contribution < -0.4 is 16.0 Å². The molecular weight excluding hydrogens is 457 g/mol. The van der Waals surface area contributed by atoms with Crippen LogP contribution in [0.15, 0.2) is 55.0 Å². The number of aryl methyl sites for hydroxylation is 2. The van der Waals surface area contributed by atoms with E-state index in [-0.39, 0.29) is 28.0 Å². The number of nitrogens with zero attached hydrogens (tertiary/aromatic N) is 4. The number of hydrogen-bond donors (Lipinski definition) is 3. The first-order chi connectivity index (χ1) is 16.5. The molecule has 2 aromatic carbocycles. The number of aromatic nitrogens is 4. The first-order valence-electron chi connectivity index (χ1n) is 10.7. The molecule has 0 unspecified atom stereocenters. The molecule has 3 N–H and O–H groups in total. The Balaban J connectivity index is 1.45. The van der Waals surface area contributed by atoms with Gasteiger partial charge in [0, 0.05) is 37.2 Å². The third-order valence-corrected chi connectivity index (χ3v) is 5.92. The largest absolute Gasteiger partial charge is 0.355 e. The third kappa shape index (κ3) is 4.17. The van der Waals surface area contributed by atoms with Crippen LogP contribution >= 0.6 is 11.6 Å². The minimum Gasteiger partial charge on any atom is -0.355 e. The Morgan fingerprint density at radius 3 is 2.91 bits per heavy atom. The van der Waals surface area contributed by atoms with Gasteiger partial charge in [0.05, 0.1) is 17.4 Å². The molecule has 0 aliphatic carbocycles. The van der Waals surface area contributed by atoms with Crippen LogP contribution in [-0.2, 0) is 13.0 Å². The van der Waals surface area contributed by atoms with Crippen molar-refractivity contribution >= 4 is 40.6 Å². The van der Waals surface area contributed by atoms with Gasteiger partial charge in [-0.25, -0.2) is 14.4 Å². The molecule has 0 radical (unpaired) electrons. The summed E-state index contributed by atoms with van der Waals surface area (Å²) in [5.74, 6) is 0.318. The van der Waals surface area contributed by atoms with Crippen molar-refractivity contribution in [1.29, 1.82) is 0 Å². The van der Waals surface area contributed by atoms with Gasteiger partial charge in [-0.05, 0) is 42.7 Å². The van der Waals surface area contributed by atoms with E-state index < -0.39 is 11.7 Å². The summed E-state index contributed by atoms with van der Waals surface area (Å²) < 4.78 is 16.7. The van der Waals surface area contributed by atoms with Crippen LogP contribution in [0.3, 0.4) is 0 Å². The molecule has 0 saturated carbocycles. The van der Waals surface area contributed by atoms with Gasteiger partial charge in [0.25, 0.3) is 5.91 Å². The highest BCUT2D eigenvalue weighted by molar-refractivity contribution is 6.33. The fourth-order valence-corrected chi connectivity index (χ4v) is 4.13. The minimum absolute atomic E-state index is 0.0229. The normalized spacial score (nSPS) is 12.3. The second-order valence-electron chi connectivity index (χ2n) is 7.80. The van der Waals surface area contributed by atoms with E-state index in [0.717, 1.165) is 36.5 Å². The number of amides is 1. The zero-order chi connectivity index (χ0) is 23.7. The summed E-state index contributed by atoms with van der Waals surface area (Å²) in [7, 11) is 1.48. The maximum atomic E-state index is 14.5. The number of imidazole rings is 1. The van der Waals surface area contributed by atoms with Crippen molar-refractivity contribution < 1.29 is 9.18 Å². The summed E-state index contributed by atoms with van der Waals surface area (Å²) in [5, 5.41) is 8.71. The fourth-order valence-electron chi connectivity index (χ4n) is 3.99. The fraction of sp³-hybridized carbons (Fsp3) is 0.167. The van der Waals surface area contributed by atoms with Gasteiger partial charge in [0.15, 0.2) is 5.82 Å². The average molecular weight is 478 g/mol. The molecular formula is C24H21ClFN7O. The second kappa shape index (κ2) is 9.11. The molecule has 8 nitrogen and oxygen atoms in total. The average Bonchev–Trinajstić information content (AvgIpc) is 3.24. The number of benzene rings is 2. The van der Waals surface area contributed by atoms with Gasteiger partial charge >= 0.3 is 0 Å². The molecule has 5 rings (SSSR count). The van der Waals surface area contributed by atoms with E-state index in [0.29, 0.717) is 0 Å². The van der Waals surface area contributed by atoms with Gasteiger partial charge in [0.2, 0.25) is 5.95 Å². The Kier molecular flexibility index (Phi) is 5.85. The standard InChI is InChI=1S/C24H21ClFN7O/c1-27-23(34)16-5-2-6-19(26)20(16)31-21-18(25)13-29-24(32-21)30-15-8-7-14-4-3-10-33-11-9-28-22(33)17(14)12-15/h2,5-9,11-13H,3-4,10H2,1H3,(H,27,34)(H2,29,30,31,32). The van der Waals surface area contributed by atoms with Gasteiger partial charge in [-0.1, -0.05) is 23.7 Å². The first kappa shape index (κ1) is 21.8. The first-order valence-corrected chi connectivity index (χ1v) is 11.1. The highest BCUT2D eigenvalue weighted by Gasteiger charge is 2.18. The molecule has 1 amide bonds. The van der Waals surface area contributed by atoms with E-state index in [1.807, 2.05) is 18.3 Å². The predicted octanol–water partition coefficient (Wildman–Crippen LogP) is 4.93. The number of anilines is 4. The summed E-state index contributed by atoms with van der Waals surface area (Å²) in [6.45, 7) is 0.927. The number of rotatable bonds is 5. The highest BCUT2D eigenvalue weighted by atomic mass is 35.5. The van der Waals surface area contributed by atoms with E-state index in [1.54, 1.807) is 6.20 Å². The highest BCUT2D eigenvalue weighted by Crippen LogP contribution is 2.32. The number of para-hydroxylation sites is 1. The topological polar surface area (TPSA) is 96.8 Å². The molecule has 3 heterocycles. The molecule has 0 saturated heterocycles. The van der Waals surface area contributed by atoms with Gasteiger partial charge in [-0.15, -0.1) is 0 Å².